The van der Waals surface area contributed by atoms with Crippen LogP contribution in [0.5, 0.6) is 0 Å². The Hall–Kier alpha value is -2.34. The van der Waals surface area contributed by atoms with E-state index in [1.165, 1.54) is 0 Å². The number of carbonyl (C=O) groups is 2. The molecule has 0 aliphatic carbocycles. The van der Waals surface area contributed by atoms with Gasteiger partial charge in [-0.15, -0.1) is 0 Å². The van der Waals surface area contributed by atoms with E-state index in [0.717, 1.165) is 27.7 Å². The van der Waals surface area contributed by atoms with Crippen LogP contribution in [0.1, 0.15) is 18.1 Å². The van der Waals surface area contributed by atoms with E-state index in [0.29, 0.717) is 12.2 Å². The average molecular weight is 402 g/mol. The standard InChI is InChI=1S/C19H20BrN3O2/c1-12-11-15(7-8-16(12)20)22-19(25)21-13(2)18(24)23-10-9-14-5-3-4-6-17(14)23/h3-8,11,13H,9-10H2,1-2H3,(H2,21,22,25)/t13-/m1/s1. The Kier molecular flexibility index (Phi) is 5.08. The second kappa shape index (κ2) is 7.27. The molecular weight excluding hydrogens is 382 g/mol. The normalized spacial score (nSPS) is 14.0. The molecule has 6 heteroatoms. The molecule has 1 aliphatic rings. The molecule has 2 aromatic rings. The summed E-state index contributed by atoms with van der Waals surface area (Å²) in [5.74, 6) is -0.105. The van der Waals surface area contributed by atoms with Gasteiger partial charge in [0.05, 0.1) is 0 Å². The van der Waals surface area contributed by atoms with Gasteiger partial charge in [-0.05, 0) is 55.7 Å². The van der Waals surface area contributed by atoms with E-state index in [9.17, 15) is 9.59 Å². The number of carbonyl (C=O) groups excluding carboxylic acids is 2. The lowest BCUT2D eigenvalue weighted by Gasteiger charge is -2.22. The Morgan fingerprint density at radius 2 is 1.96 bits per heavy atom. The fourth-order valence-corrected chi connectivity index (χ4v) is 3.20. The molecule has 130 valence electrons. The molecule has 25 heavy (non-hydrogen) atoms. The van der Waals surface area contributed by atoms with Crippen LogP contribution >= 0.6 is 15.9 Å². The second-order valence-corrected chi connectivity index (χ2v) is 7.01. The summed E-state index contributed by atoms with van der Waals surface area (Å²) in [6.07, 6.45) is 0.846. The molecule has 3 rings (SSSR count). The minimum atomic E-state index is -0.609. The molecule has 2 aromatic carbocycles. The molecule has 1 aliphatic heterocycles. The highest BCUT2D eigenvalue weighted by Gasteiger charge is 2.28. The van der Waals surface area contributed by atoms with Gasteiger partial charge >= 0.3 is 6.03 Å². The van der Waals surface area contributed by atoms with Crippen molar-refractivity contribution in [3.8, 4) is 0 Å². The lowest BCUT2D eigenvalue weighted by atomic mass is 10.2. The summed E-state index contributed by atoms with van der Waals surface area (Å²) in [7, 11) is 0. The highest BCUT2D eigenvalue weighted by atomic mass is 79.9. The topological polar surface area (TPSA) is 61.4 Å². The molecule has 0 bridgehead atoms. The molecule has 0 fully saturated rings. The monoisotopic (exact) mass is 401 g/mol. The van der Waals surface area contributed by atoms with Crippen molar-refractivity contribution in [3.63, 3.8) is 0 Å². The van der Waals surface area contributed by atoms with Gasteiger partial charge in [0.2, 0.25) is 5.91 Å². The summed E-state index contributed by atoms with van der Waals surface area (Å²) >= 11 is 3.43. The number of halogens is 1. The molecule has 0 saturated heterocycles. The summed E-state index contributed by atoms with van der Waals surface area (Å²) in [5, 5.41) is 5.48. The number of para-hydroxylation sites is 1. The summed E-state index contributed by atoms with van der Waals surface area (Å²) in [5.41, 5.74) is 3.81. The summed E-state index contributed by atoms with van der Waals surface area (Å²) in [4.78, 5) is 26.6. The van der Waals surface area contributed by atoms with Crippen LogP contribution in [0.15, 0.2) is 46.9 Å². The molecule has 2 N–H and O–H groups in total. The molecule has 5 nitrogen and oxygen atoms in total. The minimum Gasteiger partial charge on any atom is -0.326 e. The summed E-state index contributed by atoms with van der Waals surface area (Å²) < 4.78 is 0.981. The third-order valence-electron chi connectivity index (χ3n) is 4.29. The minimum absolute atomic E-state index is 0.105. The van der Waals surface area contributed by atoms with Gasteiger partial charge in [0.15, 0.2) is 0 Å². The average Bonchev–Trinajstić information content (AvgIpc) is 3.01. The van der Waals surface area contributed by atoms with Crippen LogP contribution in [0.25, 0.3) is 0 Å². The van der Waals surface area contributed by atoms with Crippen LogP contribution in [0.4, 0.5) is 16.2 Å². The van der Waals surface area contributed by atoms with E-state index in [1.54, 1.807) is 17.9 Å². The lowest BCUT2D eigenvalue weighted by Crippen LogP contribution is -2.47. The number of urea groups is 1. The van der Waals surface area contributed by atoms with E-state index >= 15 is 0 Å². The number of benzene rings is 2. The number of hydrogen-bond donors (Lipinski definition) is 2. The predicted molar refractivity (Wildman–Crippen MR) is 103 cm³/mol. The number of nitrogens with zero attached hydrogens (tertiary/aromatic N) is 1. The van der Waals surface area contributed by atoms with Crippen molar-refractivity contribution in [3.05, 3.63) is 58.1 Å². The number of nitrogens with one attached hydrogen (secondary N) is 2. The van der Waals surface area contributed by atoms with E-state index < -0.39 is 12.1 Å². The Bertz CT molecular complexity index is 822. The molecule has 0 spiro atoms. The first kappa shape index (κ1) is 17.5. The first-order chi connectivity index (χ1) is 12.0. The smallest absolute Gasteiger partial charge is 0.319 e. The molecule has 1 atom stereocenters. The van der Waals surface area contributed by atoms with Crippen LogP contribution in [-0.4, -0.2) is 24.5 Å². The fourth-order valence-electron chi connectivity index (χ4n) is 2.95. The molecule has 0 radical (unpaired) electrons. The second-order valence-electron chi connectivity index (χ2n) is 6.15. The van der Waals surface area contributed by atoms with Gasteiger partial charge in [-0.1, -0.05) is 34.1 Å². The largest absolute Gasteiger partial charge is 0.326 e. The van der Waals surface area contributed by atoms with Crippen molar-refractivity contribution in [2.24, 2.45) is 0 Å². The summed E-state index contributed by atoms with van der Waals surface area (Å²) in [6, 6.07) is 12.4. The Balaban J connectivity index is 1.62. The SMILES string of the molecule is Cc1cc(NC(=O)N[C@H](C)C(=O)N2CCc3ccccc32)ccc1Br. The van der Waals surface area contributed by atoms with Gasteiger partial charge in [-0.3, -0.25) is 4.79 Å². The van der Waals surface area contributed by atoms with Crippen molar-refractivity contribution in [1.29, 1.82) is 0 Å². The quantitative estimate of drug-likeness (QED) is 0.819. The summed E-state index contributed by atoms with van der Waals surface area (Å²) in [6.45, 7) is 4.30. The van der Waals surface area contributed by atoms with E-state index in [4.69, 9.17) is 0 Å². The maximum Gasteiger partial charge on any atom is 0.319 e. The van der Waals surface area contributed by atoms with Crippen molar-refractivity contribution in [1.82, 2.24) is 5.32 Å². The first-order valence-electron chi connectivity index (χ1n) is 8.18. The molecule has 0 saturated carbocycles. The zero-order valence-corrected chi connectivity index (χ0v) is 15.8. The third kappa shape index (κ3) is 3.85. The Labute approximate surface area is 155 Å². The maximum absolute atomic E-state index is 12.7. The van der Waals surface area contributed by atoms with Crippen LogP contribution < -0.4 is 15.5 Å². The number of amides is 3. The molecule has 0 aromatic heterocycles. The van der Waals surface area contributed by atoms with Gasteiger partial charge in [0.25, 0.3) is 0 Å². The van der Waals surface area contributed by atoms with Gasteiger partial charge in [0, 0.05) is 22.4 Å². The maximum atomic E-state index is 12.7. The number of rotatable bonds is 3. The highest BCUT2D eigenvalue weighted by molar-refractivity contribution is 9.10. The Morgan fingerprint density at radius 3 is 2.72 bits per heavy atom. The number of hydrogen-bond acceptors (Lipinski definition) is 2. The number of fused-ring (bicyclic) bond motifs is 1. The zero-order chi connectivity index (χ0) is 18.0. The van der Waals surface area contributed by atoms with E-state index in [1.807, 2.05) is 43.3 Å². The van der Waals surface area contributed by atoms with Crippen LogP contribution in [0.3, 0.4) is 0 Å². The van der Waals surface area contributed by atoms with Crippen LogP contribution in [-0.2, 0) is 11.2 Å². The highest BCUT2D eigenvalue weighted by Crippen LogP contribution is 2.27. The third-order valence-corrected chi connectivity index (χ3v) is 5.18. The predicted octanol–water partition coefficient (Wildman–Crippen LogP) is 3.86. The fraction of sp³-hybridized carbons (Fsp3) is 0.263. The van der Waals surface area contributed by atoms with Gasteiger partial charge < -0.3 is 15.5 Å². The number of anilines is 2. The first-order valence-corrected chi connectivity index (χ1v) is 8.98. The molecule has 1 heterocycles. The Morgan fingerprint density at radius 1 is 1.20 bits per heavy atom. The van der Waals surface area contributed by atoms with Crippen molar-refractivity contribution in [2.45, 2.75) is 26.3 Å². The molecular formula is C19H20BrN3O2. The van der Waals surface area contributed by atoms with Crippen molar-refractivity contribution in [2.75, 3.05) is 16.8 Å². The lowest BCUT2D eigenvalue weighted by molar-refractivity contribution is -0.119. The molecule has 0 unspecified atom stereocenters. The van der Waals surface area contributed by atoms with Crippen molar-refractivity contribution >= 4 is 39.2 Å². The van der Waals surface area contributed by atoms with Crippen molar-refractivity contribution < 1.29 is 9.59 Å². The van der Waals surface area contributed by atoms with Gasteiger partial charge in [-0.2, -0.15) is 0 Å². The van der Waals surface area contributed by atoms with Gasteiger partial charge in [0.1, 0.15) is 6.04 Å². The zero-order valence-electron chi connectivity index (χ0n) is 14.2. The van der Waals surface area contributed by atoms with Crippen LogP contribution in [0, 0.1) is 6.92 Å². The van der Waals surface area contributed by atoms with E-state index in [-0.39, 0.29) is 5.91 Å². The number of aryl methyl sites for hydroxylation is 1. The molecule has 3 amide bonds. The van der Waals surface area contributed by atoms with E-state index in [2.05, 4.69) is 26.6 Å². The van der Waals surface area contributed by atoms with Crippen LogP contribution in [0.2, 0.25) is 0 Å². The van der Waals surface area contributed by atoms with Gasteiger partial charge in [-0.25, -0.2) is 4.79 Å².